The minimum Gasteiger partial charge on any atom is -1.00 e. The Morgan fingerprint density at radius 1 is 1.12 bits per heavy atom. The number of halogens is 2. The molecule has 1 aromatic rings. The molecule has 0 N–H and O–H groups in total. The van der Waals surface area contributed by atoms with Crippen molar-refractivity contribution in [3.8, 4) is 0 Å². The molecule has 0 saturated carbocycles. The molecule has 0 aromatic heterocycles. The second kappa shape index (κ2) is 9.71. The molecule has 0 saturated heterocycles. The van der Waals surface area contributed by atoms with Crippen LogP contribution in [0.1, 0.15) is 24.5 Å². The van der Waals surface area contributed by atoms with E-state index >= 15 is 0 Å². The van der Waals surface area contributed by atoms with Gasteiger partial charge >= 0.3 is 161 Å². The number of allylic oxidation sites excluding steroid dienone is 6. The predicted molar refractivity (Wildman–Crippen MR) is 98.2 cm³/mol. The molecule has 3 rings (SSSR count). The fourth-order valence-corrected chi connectivity index (χ4v) is 4.72. The monoisotopic (exact) mass is 483 g/mol. The van der Waals surface area contributed by atoms with Crippen LogP contribution in [0.4, 0.5) is 0 Å². The predicted octanol–water partition coefficient (Wildman–Crippen LogP) is -0.591. The van der Waals surface area contributed by atoms with Crippen molar-refractivity contribution in [2.75, 3.05) is 6.79 Å². The topological polar surface area (TPSA) is 18.5 Å². The van der Waals surface area contributed by atoms with Crippen LogP contribution in [0, 0.1) is 0 Å². The largest absolute Gasteiger partial charge is 1.00 e. The van der Waals surface area contributed by atoms with Gasteiger partial charge in [0.25, 0.3) is 0 Å². The molecule has 0 unspecified atom stereocenters. The zero-order valence-corrected chi connectivity index (χ0v) is 20.5. The number of hydrogen-bond acceptors (Lipinski definition) is 2. The quantitative estimate of drug-likeness (QED) is 0.410. The number of fused-ring (bicyclic) bond motifs is 1. The summed E-state index contributed by atoms with van der Waals surface area (Å²) in [6.07, 6.45) is 7.44. The van der Waals surface area contributed by atoms with Gasteiger partial charge < -0.3 is 24.8 Å². The third kappa shape index (κ3) is 4.91. The van der Waals surface area contributed by atoms with Crippen molar-refractivity contribution < 1.29 is 58.7 Å². The first kappa shape index (κ1) is 23.7. The number of benzene rings is 1. The molecule has 0 spiro atoms. The standard InChI is InChI=1S/C20H23O2Si.2ClH.Zr/c1-5-16-17-10-7-6-9-15(17)13-19(16)18-11-8-12-20(18)21-14-22-23(2,3)4;;;/h5-10,12H,11,14H2,1-4H3;2*1H;/q;;;+2/p-2. The molecule has 26 heavy (non-hydrogen) atoms. The van der Waals surface area contributed by atoms with Crippen LogP contribution in [-0.2, 0) is 33.9 Å². The maximum atomic E-state index is 6.00. The molecule has 0 fully saturated rings. The molecular formula is C20H23Cl2O2SiZr. The Hall–Kier alpha value is -0.380. The van der Waals surface area contributed by atoms with E-state index in [1.807, 2.05) is 0 Å². The summed E-state index contributed by atoms with van der Waals surface area (Å²) in [5, 5.41) is 0. The van der Waals surface area contributed by atoms with Gasteiger partial charge in [-0.3, -0.25) is 0 Å². The van der Waals surface area contributed by atoms with Crippen molar-refractivity contribution in [3.63, 3.8) is 0 Å². The van der Waals surface area contributed by atoms with Gasteiger partial charge in [-0.15, -0.1) is 0 Å². The molecule has 6 heteroatoms. The van der Waals surface area contributed by atoms with Crippen molar-refractivity contribution in [1.29, 1.82) is 0 Å². The molecule has 0 aliphatic heterocycles. The van der Waals surface area contributed by atoms with Gasteiger partial charge in [0.05, 0.1) is 0 Å². The number of hydrogen-bond donors (Lipinski definition) is 0. The SMILES string of the molecule is CC=C1C(C2=C(OCO[Si](C)(C)C)C=CC2)=[C]([Zr+2])c2ccccc21.[Cl-].[Cl-]. The maximum absolute atomic E-state index is 6.00. The second-order valence-corrected chi connectivity index (χ2v) is 12.7. The summed E-state index contributed by atoms with van der Waals surface area (Å²) in [7, 11) is -1.56. The summed E-state index contributed by atoms with van der Waals surface area (Å²) in [6, 6.07) is 8.70. The van der Waals surface area contributed by atoms with Gasteiger partial charge in [-0.05, 0) is 0 Å². The molecule has 0 atom stereocenters. The first-order chi connectivity index (χ1) is 11.4. The van der Waals surface area contributed by atoms with Gasteiger partial charge in [0.2, 0.25) is 0 Å². The van der Waals surface area contributed by atoms with E-state index in [4.69, 9.17) is 9.16 Å². The zero-order valence-electron chi connectivity index (χ0n) is 15.5. The maximum Gasteiger partial charge on any atom is -1.00 e. The Labute approximate surface area is 185 Å². The van der Waals surface area contributed by atoms with Crippen molar-refractivity contribution in [3.05, 3.63) is 70.5 Å². The number of rotatable bonds is 5. The first-order valence-corrected chi connectivity index (χ1v) is 13.0. The molecule has 0 bridgehead atoms. The van der Waals surface area contributed by atoms with E-state index in [-0.39, 0.29) is 24.8 Å². The van der Waals surface area contributed by atoms with Crippen LogP contribution in [0.15, 0.2) is 59.4 Å². The Morgan fingerprint density at radius 3 is 2.38 bits per heavy atom. The molecule has 2 aliphatic rings. The van der Waals surface area contributed by atoms with Gasteiger partial charge in [-0.1, -0.05) is 0 Å². The molecule has 0 heterocycles. The number of ether oxygens (including phenoxy) is 1. The van der Waals surface area contributed by atoms with E-state index in [1.54, 1.807) is 0 Å². The first-order valence-electron chi connectivity index (χ1n) is 8.31. The molecule has 2 nitrogen and oxygen atoms in total. The van der Waals surface area contributed by atoms with Crippen LogP contribution in [0.5, 0.6) is 0 Å². The third-order valence-electron chi connectivity index (χ3n) is 4.19. The van der Waals surface area contributed by atoms with E-state index in [2.05, 4.69) is 69.1 Å². The normalized spacial score (nSPS) is 17.4. The van der Waals surface area contributed by atoms with E-state index in [1.165, 1.54) is 55.8 Å². The van der Waals surface area contributed by atoms with Crippen LogP contribution in [0.3, 0.4) is 0 Å². The third-order valence-corrected chi connectivity index (χ3v) is 6.45. The Morgan fingerprint density at radius 2 is 1.77 bits per heavy atom. The van der Waals surface area contributed by atoms with E-state index in [9.17, 15) is 0 Å². The van der Waals surface area contributed by atoms with E-state index < -0.39 is 8.32 Å². The smallest absolute Gasteiger partial charge is 1.00 e. The van der Waals surface area contributed by atoms with Gasteiger partial charge in [0.1, 0.15) is 0 Å². The van der Waals surface area contributed by atoms with Crippen molar-refractivity contribution in [2.24, 2.45) is 0 Å². The van der Waals surface area contributed by atoms with Crippen molar-refractivity contribution in [2.45, 2.75) is 33.0 Å². The minimum atomic E-state index is -1.56. The summed E-state index contributed by atoms with van der Waals surface area (Å²) in [5.74, 6) is 0.968. The van der Waals surface area contributed by atoms with Gasteiger partial charge in [-0.2, -0.15) is 0 Å². The van der Waals surface area contributed by atoms with Crippen LogP contribution in [0.25, 0.3) is 8.85 Å². The second-order valence-electron chi connectivity index (χ2n) is 6.97. The molecule has 1 aromatic carbocycles. The Kier molecular flexibility index (Phi) is 8.83. The molecule has 137 valence electrons. The van der Waals surface area contributed by atoms with Crippen LogP contribution in [-0.4, -0.2) is 15.1 Å². The fraction of sp³-hybridized carbons (Fsp3) is 0.300. The van der Waals surface area contributed by atoms with Gasteiger partial charge in [0.15, 0.2) is 0 Å². The molecule has 2 aliphatic carbocycles. The van der Waals surface area contributed by atoms with E-state index in [0.717, 1.165) is 12.2 Å². The summed E-state index contributed by atoms with van der Waals surface area (Å²) in [4.78, 5) is 0. The van der Waals surface area contributed by atoms with E-state index in [0.29, 0.717) is 6.79 Å². The van der Waals surface area contributed by atoms with Crippen molar-refractivity contribution in [1.82, 2.24) is 0 Å². The summed E-state index contributed by atoms with van der Waals surface area (Å²) in [6.45, 7) is 9.00. The minimum absolute atomic E-state index is 0. The molecular weight excluding hydrogens is 462 g/mol. The van der Waals surface area contributed by atoms with Crippen LogP contribution in [0.2, 0.25) is 19.6 Å². The van der Waals surface area contributed by atoms with Crippen LogP contribution >= 0.6 is 0 Å². The zero-order chi connectivity index (χ0) is 17.3. The summed E-state index contributed by atoms with van der Waals surface area (Å²) in [5.41, 5.74) is 6.72. The van der Waals surface area contributed by atoms with Gasteiger partial charge in [0, 0.05) is 0 Å². The van der Waals surface area contributed by atoms with Gasteiger partial charge in [-0.25, -0.2) is 0 Å². The average Bonchev–Trinajstić information content (AvgIpc) is 3.09. The molecule has 0 radical (unpaired) electrons. The summed E-state index contributed by atoms with van der Waals surface area (Å²) >= 11 is 1.44. The fourth-order valence-electron chi connectivity index (χ4n) is 3.07. The average molecular weight is 486 g/mol. The molecule has 0 amide bonds. The Bertz CT molecular complexity index is 789. The van der Waals surface area contributed by atoms with Crippen molar-refractivity contribution >= 4 is 17.2 Å². The summed E-state index contributed by atoms with van der Waals surface area (Å²) < 4.78 is 13.3. The Balaban J connectivity index is 0.00000169. The van der Waals surface area contributed by atoms with Crippen LogP contribution < -0.4 is 24.8 Å².